The molecule has 6 heteroatoms. The summed E-state index contributed by atoms with van der Waals surface area (Å²) in [5.74, 6) is 0.491. The van der Waals surface area contributed by atoms with Crippen LogP contribution in [0.4, 0.5) is 4.39 Å². The molecular formula is C11H9FN2O3. The molecule has 0 N–H and O–H groups in total. The third-order valence-corrected chi connectivity index (χ3v) is 1.96. The Morgan fingerprint density at radius 1 is 1.47 bits per heavy atom. The van der Waals surface area contributed by atoms with Crippen molar-refractivity contribution in [1.29, 1.82) is 0 Å². The van der Waals surface area contributed by atoms with Gasteiger partial charge in [0.25, 0.3) is 5.89 Å². The van der Waals surface area contributed by atoms with Crippen LogP contribution in [0.2, 0.25) is 0 Å². The minimum atomic E-state index is -0.536. The van der Waals surface area contributed by atoms with Crippen molar-refractivity contribution < 1.29 is 18.4 Å². The first-order chi connectivity index (χ1) is 8.17. The normalized spacial score (nSPS) is 10.2. The van der Waals surface area contributed by atoms with Crippen LogP contribution in [-0.4, -0.2) is 16.4 Å². The van der Waals surface area contributed by atoms with Crippen LogP contribution in [0.15, 0.2) is 22.7 Å². The van der Waals surface area contributed by atoms with E-state index in [0.29, 0.717) is 18.0 Å². The minimum absolute atomic E-state index is 0.0303. The highest BCUT2D eigenvalue weighted by Crippen LogP contribution is 2.16. The Morgan fingerprint density at radius 2 is 2.29 bits per heavy atom. The molecule has 5 nitrogen and oxygen atoms in total. The Labute approximate surface area is 96.2 Å². The highest BCUT2D eigenvalue weighted by molar-refractivity contribution is 5.75. The van der Waals surface area contributed by atoms with Crippen LogP contribution in [0.5, 0.6) is 5.75 Å². The van der Waals surface area contributed by atoms with Crippen LogP contribution >= 0.6 is 0 Å². The van der Waals surface area contributed by atoms with E-state index < -0.39 is 5.82 Å². The summed E-state index contributed by atoms with van der Waals surface area (Å²) in [6.45, 7) is 1.71. The molecule has 0 saturated heterocycles. The van der Waals surface area contributed by atoms with Gasteiger partial charge in [0.1, 0.15) is 17.9 Å². The highest BCUT2D eigenvalue weighted by atomic mass is 19.1. The SMILES string of the molecule is Cc1noc(COc2cc(F)cc(C=O)c2)n1. The molecule has 1 heterocycles. The van der Waals surface area contributed by atoms with Gasteiger partial charge in [-0.05, 0) is 19.1 Å². The van der Waals surface area contributed by atoms with Gasteiger partial charge in [-0.3, -0.25) is 4.79 Å². The fourth-order valence-corrected chi connectivity index (χ4v) is 1.28. The Balaban J connectivity index is 2.08. The number of aryl methyl sites for hydroxylation is 1. The average molecular weight is 236 g/mol. The molecule has 0 fully saturated rings. The molecule has 1 aromatic carbocycles. The van der Waals surface area contributed by atoms with Crippen LogP contribution < -0.4 is 4.74 Å². The molecule has 0 amide bonds. The molecule has 2 aromatic rings. The van der Waals surface area contributed by atoms with E-state index in [1.807, 2.05) is 0 Å². The van der Waals surface area contributed by atoms with Crippen molar-refractivity contribution in [2.75, 3.05) is 0 Å². The number of ether oxygens (including phenoxy) is 1. The van der Waals surface area contributed by atoms with Crippen LogP contribution in [0.1, 0.15) is 22.1 Å². The summed E-state index contributed by atoms with van der Waals surface area (Å²) in [6, 6.07) is 3.73. The quantitative estimate of drug-likeness (QED) is 0.758. The maximum absolute atomic E-state index is 13.1. The second-order valence-corrected chi connectivity index (χ2v) is 3.36. The summed E-state index contributed by atoms with van der Waals surface area (Å²) < 4.78 is 23.1. The number of aldehydes is 1. The van der Waals surface area contributed by atoms with E-state index in [-0.39, 0.29) is 17.9 Å². The van der Waals surface area contributed by atoms with Gasteiger partial charge in [-0.2, -0.15) is 4.98 Å². The molecule has 0 atom stereocenters. The lowest BCUT2D eigenvalue weighted by molar-refractivity contribution is 0.112. The average Bonchev–Trinajstić information content (AvgIpc) is 2.72. The summed E-state index contributed by atoms with van der Waals surface area (Å²) in [4.78, 5) is 14.5. The summed E-state index contributed by atoms with van der Waals surface area (Å²) in [6.07, 6.45) is 0.548. The summed E-state index contributed by atoms with van der Waals surface area (Å²) in [5.41, 5.74) is 0.210. The van der Waals surface area contributed by atoms with Crippen molar-refractivity contribution in [1.82, 2.24) is 10.1 Å². The smallest absolute Gasteiger partial charge is 0.264 e. The van der Waals surface area contributed by atoms with Crippen molar-refractivity contribution in [2.24, 2.45) is 0 Å². The monoisotopic (exact) mass is 236 g/mol. The second kappa shape index (κ2) is 4.73. The molecule has 0 radical (unpaired) electrons. The number of hydrogen-bond acceptors (Lipinski definition) is 5. The van der Waals surface area contributed by atoms with E-state index in [9.17, 15) is 9.18 Å². The molecule has 0 aliphatic heterocycles. The third-order valence-electron chi connectivity index (χ3n) is 1.96. The number of halogens is 1. The molecular weight excluding hydrogens is 227 g/mol. The zero-order valence-electron chi connectivity index (χ0n) is 9.01. The molecule has 0 saturated carbocycles. The highest BCUT2D eigenvalue weighted by Gasteiger charge is 2.05. The largest absolute Gasteiger partial charge is 0.484 e. The number of aromatic nitrogens is 2. The predicted octanol–water partition coefficient (Wildman–Crippen LogP) is 1.91. The van der Waals surface area contributed by atoms with Crippen molar-refractivity contribution in [2.45, 2.75) is 13.5 Å². The molecule has 17 heavy (non-hydrogen) atoms. The molecule has 0 unspecified atom stereocenters. The Hall–Kier alpha value is -2.24. The number of carbonyl (C=O) groups is 1. The minimum Gasteiger partial charge on any atom is -0.484 e. The van der Waals surface area contributed by atoms with Gasteiger partial charge in [0.15, 0.2) is 12.4 Å². The first-order valence-corrected chi connectivity index (χ1v) is 4.85. The summed E-state index contributed by atoms with van der Waals surface area (Å²) >= 11 is 0. The number of nitrogens with zero attached hydrogens (tertiary/aromatic N) is 2. The van der Waals surface area contributed by atoms with Crippen LogP contribution in [0.3, 0.4) is 0 Å². The number of hydrogen-bond donors (Lipinski definition) is 0. The molecule has 2 rings (SSSR count). The maximum atomic E-state index is 13.1. The molecule has 0 aliphatic rings. The fraction of sp³-hybridized carbons (Fsp3) is 0.182. The molecule has 1 aromatic heterocycles. The summed E-state index contributed by atoms with van der Waals surface area (Å²) in [5, 5.41) is 3.58. The first-order valence-electron chi connectivity index (χ1n) is 4.85. The van der Waals surface area contributed by atoms with Gasteiger partial charge in [0.05, 0.1) is 0 Å². The Morgan fingerprint density at radius 3 is 2.94 bits per heavy atom. The van der Waals surface area contributed by atoms with Gasteiger partial charge in [0, 0.05) is 11.6 Å². The zero-order chi connectivity index (χ0) is 12.3. The van der Waals surface area contributed by atoms with Gasteiger partial charge < -0.3 is 9.26 Å². The standard InChI is InChI=1S/C11H9FN2O3/c1-7-13-11(17-14-7)6-16-10-3-8(5-15)2-9(12)4-10/h2-5H,6H2,1H3. The van der Waals surface area contributed by atoms with E-state index in [1.165, 1.54) is 12.1 Å². The number of rotatable bonds is 4. The first kappa shape index (κ1) is 11.3. The van der Waals surface area contributed by atoms with E-state index in [1.54, 1.807) is 6.92 Å². The number of carbonyl (C=O) groups excluding carboxylic acids is 1. The van der Waals surface area contributed by atoms with Crippen LogP contribution in [0.25, 0.3) is 0 Å². The lowest BCUT2D eigenvalue weighted by atomic mass is 10.2. The third kappa shape index (κ3) is 2.87. The second-order valence-electron chi connectivity index (χ2n) is 3.36. The molecule has 88 valence electrons. The topological polar surface area (TPSA) is 65.2 Å². The van der Waals surface area contributed by atoms with E-state index in [4.69, 9.17) is 9.26 Å². The molecule has 0 aliphatic carbocycles. The van der Waals surface area contributed by atoms with Gasteiger partial charge in [-0.1, -0.05) is 5.16 Å². The van der Waals surface area contributed by atoms with Crippen molar-refractivity contribution >= 4 is 6.29 Å². The van der Waals surface area contributed by atoms with E-state index in [0.717, 1.165) is 6.07 Å². The van der Waals surface area contributed by atoms with Crippen molar-refractivity contribution in [3.8, 4) is 5.75 Å². The lowest BCUT2D eigenvalue weighted by Gasteiger charge is -2.03. The van der Waals surface area contributed by atoms with Gasteiger partial charge in [-0.25, -0.2) is 4.39 Å². The van der Waals surface area contributed by atoms with Crippen molar-refractivity contribution in [3.63, 3.8) is 0 Å². The lowest BCUT2D eigenvalue weighted by Crippen LogP contribution is -1.97. The Bertz CT molecular complexity index is 539. The van der Waals surface area contributed by atoms with E-state index >= 15 is 0 Å². The zero-order valence-corrected chi connectivity index (χ0v) is 9.01. The predicted molar refractivity (Wildman–Crippen MR) is 55.2 cm³/mol. The van der Waals surface area contributed by atoms with Gasteiger partial charge in [-0.15, -0.1) is 0 Å². The summed E-state index contributed by atoms with van der Waals surface area (Å²) in [7, 11) is 0. The Kier molecular flexibility index (Phi) is 3.13. The van der Waals surface area contributed by atoms with Gasteiger partial charge in [0.2, 0.25) is 0 Å². The molecule has 0 spiro atoms. The molecule has 0 bridgehead atoms. The van der Waals surface area contributed by atoms with Crippen molar-refractivity contribution in [3.05, 3.63) is 41.3 Å². The van der Waals surface area contributed by atoms with E-state index in [2.05, 4.69) is 10.1 Å². The number of benzene rings is 1. The van der Waals surface area contributed by atoms with Crippen LogP contribution in [-0.2, 0) is 6.61 Å². The van der Waals surface area contributed by atoms with Gasteiger partial charge >= 0.3 is 0 Å². The fourth-order valence-electron chi connectivity index (χ4n) is 1.28. The van der Waals surface area contributed by atoms with Crippen LogP contribution in [0, 0.1) is 12.7 Å². The maximum Gasteiger partial charge on any atom is 0.264 e.